The van der Waals surface area contributed by atoms with E-state index >= 15 is 0 Å². The standard InChI is InChI=1S/C16H18N2O3S/c1-10-5-13(21-8-12-3-4-20-12)6-14(17-10)15(19)7-16-18-11(2)9-22-16/h5-6,9,12H,3-4,7-8H2,1-2H3. The topological polar surface area (TPSA) is 61.3 Å². The summed E-state index contributed by atoms with van der Waals surface area (Å²) in [4.78, 5) is 21.0. The van der Waals surface area contributed by atoms with Crippen molar-refractivity contribution in [1.82, 2.24) is 9.97 Å². The molecule has 2 aromatic rings. The van der Waals surface area contributed by atoms with Crippen molar-refractivity contribution in [2.45, 2.75) is 32.8 Å². The Balaban J connectivity index is 1.68. The average Bonchev–Trinajstić information content (AvgIpc) is 2.81. The summed E-state index contributed by atoms with van der Waals surface area (Å²) in [5.74, 6) is 0.629. The molecular weight excluding hydrogens is 300 g/mol. The van der Waals surface area contributed by atoms with Gasteiger partial charge in [0.05, 0.1) is 12.5 Å². The van der Waals surface area contributed by atoms with Crippen molar-refractivity contribution in [1.29, 1.82) is 0 Å². The summed E-state index contributed by atoms with van der Waals surface area (Å²) in [7, 11) is 0. The first kappa shape index (κ1) is 15.1. The minimum Gasteiger partial charge on any atom is -0.491 e. The van der Waals surface area contributed by atoms with Gasteiger partial charge in [0.1, 0.15) is 23.1 Å². The van der Waals surface area contributed by atoms with Gasteiger partial charge in [0.15, 0.2) is 5.78 Å². The highest BCUT2D eigenvalue weighted by molar-refractivity contribution is 7.09. The lowest BCUT2D eigenvalue weighted by Crippen LogP contribution is -2.32. The molecule has 1 atom stereocenters. The Labute approximate surface area is 133 Å². The number of rotatable bonds is 6. The highest BCUT2D eigenvalue weighted by atomic mass is 32.1. The second kappa shape index (κ2) is 6.54. The zero-order chi connectivity index (χ0) is 15.5. The lowest BCUT2D eigenvalue weighted by atomic mass is 10.2. The smallest absolute Gasteiger partial charge is 0.188 e. The molecule has 0 bridgehead atoms. The average molecular weight is 318 g/mol. The number of hydrogen-bond acceptors (Lipinski definition) is 6. The fourth-order valence-corrected chi connectivity index (χ4v) is 2.95. The summed E-state index contributed by atoms with van der Waals surface area (Å²) < 4.78 is 11.0. The van der Waals surface area contributed by atoms with Crippen LogP contribution >= 0.6 is 11.3 Å². The SMILES string of the molecule is Cc1cc(OCC2CCO2)cc(C(=O)Cc2nc(C)cs2)n1. The third-order valence-corrected chi connectivity index (χ3v) is 4.39. The maximum absolute atomic E-state index is 12.4. The van der Waals surface area contributed by atoms with Crippen LogP contribution in [0.2, 0.25) is 0 Å². The molecule has 2 aromatic heterocycles. The zero-order valence-electron chi connectivity index (χ0n) is 12.7. The van der Waals surface area contributed by atoms with Gasteiger partial charge in [-0.25, -0.2) is 9.97 Å². The third-order valence-electron chi connectivity index (χ3n) is 3.42. The maximum Gasteiger partial charge on any atom is 0.188 e. The maximum atomic E-state index is 12.4. The van der Waals surface area contributed by atoms with Crippen molar-refractivity contribution in [2.24, 2.45) is 0 Å². The molecule has 1 unspecified atom stereocenters. The molecule has 1 aliphatic heterocycles. The van der Waals surface area contributed by atoms with Gasteiger partial charge in [0, 0.05) is 41.9 Å². The highest BCUT2D eigenvalue weighted by Crippen LogP contribution is 2.19. The van der Waals surface area contributed by atoms with Crippen molar-refractivity contribution < 1.29 is 14.3 Å². The first-order chi connectivity index (χ1) is 10.6. The number of ether oxygens (including phenoxy) is 2. The molecule has 3 heterocycles. The third kappa shape index (κ3) is 3.69. The van der Waals surface area contributed by atoms with E-state index in [-0.39, 0.29) is 18.3 Å². The second-order valence-electron chi connectivity index (χ2n) is 5.40. The van der Waals surface area contributed by atoms with E-state index in [1.165, 1.54) is 11.3 Å². The summed E-state index contributed by atoms with van der Waals surface area (Å²) >= 11 is 1.50. The van der Waals surface area contributed by atoms with Crippen LogP contribution in [0.3, 0.4) is 0 Å². The van der Waals surface area contributed by atoms with Crippen LogP contribution in [0, 0.1) is 13.8 Å². The summed E-state index contributed by atoms with van der Waals surface area (Å²) in [6.45, 7) is 5.10. The van der Waals surface area contributed by atoms with Gasteiger partial charge in [-0.2, -0.15) is 0 Å². The van der Waals surface area contributed by atoms with Gasteiger partial charge in [-0.3, -0.25) is 4.79 Å². The molecule has 1 fully saturated rings. The number of aromatic nitrogens is 2. The molecule has 0 aromatic carbocycles. The molecule has 116 valence electrons. The van der Waals surface area contributed by atoms with Crippen LogP contribution in [0.15, 0.2) is 17.5 Å². The number of hydrogen-bond donors (Lipinski definition) is 0. The lowest BCUT2D eigenvalue weighted by Gasteiger charge is -2.26. The Bertz CT molecular complexity index is 680. The van der Waals surface area contributed by atoms with Crippen LogP contribution in [-0.2, 0) is 11.2 Å². The summed E-state index contributed by atoms with van der Waals surface area (Å²) in [5.41, 5.74) is 2.14. The van der Waals surface area contributed by atoms with Crippen LogP contribution in [0.1, 0.15) is 33.3 Å². The number of nitrogens with zero attached hydrogens (tertiary/aromatic N) is 2. The molecule has 0 aliphatic carbocycles. The van der Waals surface area contributed by atoms with E-state index in [1.807, 2.05) is 25.3 Å². The van der Waals surface area contributed by atoms with E-state index < -0.39 is 0 Å². The number of carbonyl (C=O) groups excluding carboxylic acids is 1. The van der Waals surface area contributed by atoms with Crippen molar-refractivity contribution in [2.75, 3.05) is 13.2 Å². The number of pyridine rings is 1. The zero-order valence-corrected chi connectivity index (χ0v) is 13.5. The first-order valence-electron chi connectivity index (χ1n) is 7.27. The number of aryl methyl sites for hydroxylation is 2. The number of ketones is 1. The Morgan fingerprint density at radius 2 is 2.18 bits per heavy atom. The molecule has 0 spiro atoms. The van der Waals surface area contributed by atoms with E-state index in [2.05, 4.69) is 9.97 Å². The molecule has 6 heteroatoms. The summed E-state index contributed by atoms with van der Waals surface area (Å²) in [5, 5.41) is 2.76. The molecule has 0 radical (unpaired) electrons. The van der Waals surface area contributed by atoms with Crippen LogP contribution in [-0.4, -0.2) is 35.1 Å². The van der Waals surface area contributed by atoms with E-state index in [9.17, 15) is 4.79 Å². The first-order valence-corrected chi connectivity index (χ1v) is 8.15. The van der Waals surface area contributed by atoms with Gasteiger partial charge in [-0.05, 0) is 13.8 Å². The van der Waals surface area contributed by atoms with Gasteiger partial charge in [0.25, 0.3) is 0 Å². The Hall–Kier alpha value is -1.79. The number of carbonyl (C=O) groups is 1. The van der Waals surface area contributed by atoms with Crippen molar-refractivity contribution >= 4 is 17.1 Å². The van der Waals surface area contributed by atoms with Gasteiger partial charge >= 0.3 is 0 Å². The second-order valence-corrected chi connectivity index (χ2v) is 6.35. The van der Waals surface area contributed by atoms with Crippen LogP contribution in [0.25, 0.3) is 0 Å². The van der Waals surface area contributed by atoms with E-state index in [0.717, 1.165) is 29.4 Å². The minimum absolute atomic E-state index is 0.0391. The van der Waals surface area contributed by atoms with E-state index in [4.69, 9.17) is 9.47 Å². The molecule has 1 saturated heterocycles. The Kier molecular flexibility index (Phi) is 4.49. The van der Waals surface area contributed by atoms with Gasteiger partial charge in [0.2, 0.25) is 0 Å². The normalized spacial score (nSPS) is 17.1. The van der Waals surface area contributed by atoms with E-state index in [1.54, 1.807) is 6.07 Å². The quantitative estimate of drug-likeness (QED) is 0.766. The van der Waals surface area contributed by atoms with Crippen LogP contribution < -0.4 is 4.74 Å². The minimum atomic E-state index is -0.0391. The fraction of sp³-hybridized carbons (Fsp3) is 0.438. The molecule has 1 aliphatic rings. The predicted octanol–water partition coefficient (Wildman–Crippen LogP) is 2.75. The molecule has 0 saturated carbocycles. The highest BCUT2D eigenvalue weighted by Gasteiger charge is 2.19. The molecular formula is C16H18N2O3S. The lowest BCUT2D eigenvalue weighted by molar-refractivity contribution is -0.0721. The summed E-state index contributed by atoms with van der Waals surface area (Å²) in [6, 6.07) is 3.54. The van der Waals surface area contributed by atoms with Gasteiger partial charge < -0.3 is 9.47 Å². The Morgan fingerprint density at radius 3 is 2.82 bits per heavy atom. The molecule has 3 rings (SSSR count). The van der Waals surface area contributed by atoms with Crippen LogP contribution in [0.5, 0.6) is 5.75 Å². The Morgan fingerprint density at radius 1 is 1.36 bits per heavy atom. The molecule has 0 amide bonds. The fourth-order valence-electron chi connectivity index (χ4n) is 2.18. The van der Waals surface area contributed by atoms with Crippen molar-refractivity contribution in [3.8, 4) is 5.75 Å². The summed E-state index contributed by atoms with van der Waals surface area (Å²) in [6.07, 6.45) is 1.48. The molecule has 5 nitrogen and oxygen atoms in total. The molecule has 0 N–H and O–H groups in total. The molecule has 22 heavy (non-hydrogen) atoms. The number of Topliss-reactive ketones (excluding diaryl/α,β-unsaturated/α-hetero) is 1. The van der Waals surface area contributed by atoms with Crippen LogP contribution in [0.4, 0.5) is 0 Å². The monoisotopic (exact) mass is 318 g/mol. The predicted molar refractivity (Wildman–Crippen MR) is 83.7 cm³/mol. The van der Waals surface area contributed by atoms with Gasteiger partial charge in [-0.1, -0.05) is 0 Å². The number of thiazole rings is 1. The largest absolute Gasteiger partial charge is 0.491 e. The van der Waals surface area contributed by atoms with Crippen molar-refractivity contribution in [3.63, 3.8) is 0 Å². The van der Waals surface area contributed by atoms with Gasteiger partial charge in [-0.15, -0.1) is 11.3 Å². The van der Waals surface area contributed by atoms with E-state index in [0.29, 0.717) is 18.1 Å². The van der Waals surface area contributed by atoms with Crippen molar-refractivity contribution in [3.05, 3.63) is 39.6 Å².